The zero-order valence-electron chi connectivity index (χ0n) is 10.7. The van der Waals surface area contributed by atoms with Crippen LogP contribution in [0.3, 0.4) is 0 Å². The number of pyridine rings is 1. The highest BCUT2D eigenvalue weighted by Crippen LogP contribution is 2.20. The smallest absolute Gasteiger partial charge is 0.253 e. The van der Waals surface area contributed by atoms with Crippen LogP contribution >= 0.6 is 0 Å². The highest BCUT2D eigenvalue weighted by Gasteiger charge is 2.09. The lowest BCUT2D eigenvalue weighted by atomic mass is 10.1. The fourth-order valence-corrected chi connectivity index (χ4v) is 1.74. The molecule has 1 aromatic heterocycles. The molecule has 0 aliphatic carbocycles. The molecule has 0 saturated carbocycles. The van der Waals surface area contributed by atoms with Crippen molar-refractivity contribution in [3.05, 3.63) is 53.9 Å². The van der Waals surface area contributed by atoms with Crippen LogP contribution in [0, 0.1) is 0 Å². The Balaban J connectivity index is 2.19. The van der Waals surface area contributed by atoms with Gasteiger partial charge >= 0.3 is 0 Å². The zero-order chi connectivity index (χ0) is 13.7. The van der Waals surface area contributed by atoms with Gasteiger partial charge < -0.3 is 16.4 Å². The highest BCUT2D eigenvalue weighted by atomic mass is 16.1. The minimum absolute atomic E-state index is 0.145. The average Bonchev–Trinajstić information content (AvgIpc) is 2.45. The number of aromatic nitrogens is 1. The van der Waals surface area contributed by atoms with Crippen molar-refractivity contribution in [2.45, 2.75) is 6.54 Å². The summed E-state index contributed by atoms with van der Waals surface area (Å²) < 4.78 is 0. The van der Waals surface area contributed by atoms with E-state index >= 15 is 0 Å². The van der Waals surface area contributed by atoms with Crippen LogP contribution in [0.2, 0.25) is 0 Å². The van der Waals surface area contributed by atoms with E-state index in [1.807, 2.05) is 12.1 Å². The van der Waals surface area contributed by atoms with E-state index < -0.39 is 0 Å². The minimum Gasteiger partial charge on any atom is -0.399 e. The molecule has 0 radical (unpaired) electrons. The zero-order valence-corrected chi connectivity index (χ0v) is 10.7. The van der Waals surface area contributed by atoms with Crippen LogP contribution < -0.4 is 16.4 Å². The Bertz CT molecular complexity index is 569. The minimum atomic E-state index is -0.145. The van der Waals surface area contributed by atoms with Gasteiger partial charge in [-0.05, 0) is 29.8 Å². The van der Waals surface area contributed by atoms with Crippen LogP contribution in [0.1, 0.15) is 15.9 Å². The number of hydrogen-bond donors (Lipinski definition) is 3. The lowest BCUT2D eigenvalue weighted by Gasteiger charge is -2.12. The standard InChI is InChI=1S/C14H16N4O/c1-16-14(19)12-5-4-11(15)7-13(12)18-9-10-3-2-6-17-8-10/h2-8,18H,9,15H2,1H3,(H,16,19). The third-order valence-electron chi connectivity index (χ3n) is 2.72. The molecule has 98 valence electrons. The molecule has 4 N–H and O–H groups in total. The maximum atomic E-state index is 11.8. The summed E-state index contributed by atoms with van der Waals surface area (Å²) in [6, 6.07) is 9.00. The first-order chi connectivity index (χ1) is 9.20. The van der Waals surface area contributed by atoms with Gasteiger partial charge in [0.15, 0.2) is 0 Å². The maximum Gasteiger partial charge on any atom is 0.253 e. The molecule has 0 unspecified atom stereocenters. The molecule has 1 amide bonds. The topological polar surface area (TPSA) is 80.0 Å². The highest BCUT2D eigenvalue weighted by molar-refractivity contribution is 6.00. The normalized spacial score (nSPS) is 9.95. The van der Waals surface area contributed by atoms with Crippen molar-refractivity contribution in [3.8, 4) is 0 Å². The van der Waals surface area contributed by atoms with Gasteiger partial charge in [-0.25, -0.2) is 0 Å². The number of nitrogen functional groups attached to an aromatic ring is 1. The Labute approximate surface area is 111 Å². The molecule has 2 rings (SSSR count). The van der Waals surface area contributed by atoms with E-state index in [1.165, 1.54) is 0 Å². The molecule has 0 atom stereocenters. The Kier molecular flexibility index (Phi) is 3.97. The predicted molar refractivity (Wildman–Crippen MR) is 75.8 cm³/mol. The van der Waals surface area contributed by atoms with Crippen LogP contribution in [-0.2, 0) is 6.54 Å². The number of nitrogens with zero attached hydrogens (tertiary/aromatic N) is 1. The number of carbonyl (C=O) groups is 1. The van der Waals surface area contributed by atoms with Gasteiger partial charge in [0.05, 0.1) is 5.56 Å². The number of benzene rings is 1. The summed E-state index contributed by atoms with van der Waals surface area (Å²) in [6.07, 6.45) is 3.50. The van der Waals surface area contributed by atoms with Crippen molar-refractivity contribution in [2.24, 2.45) is 0 Å². The second-order valence-electron chi connectivity index (χ2n) is 4.10. The van der Waals surface area contributed by atoms with Crippen molar-refractivity contribution >= 4 is 17.3 Å². The molecular formula is C14H16N4O. The third-order valence-corrected chi connectivity index (χ3v) is 2.72. The molecule has 19 heavy (non-hydrogen) atoms. The first kappa shape index (κ1) is 12.9. The maximum absolute atomic E-state index is 11.8. The van der Waals surface area contributed by atoms with Gasteiger partial charge in [-0.1, -0.05) is 6.07 Å². The Morgan fingerprint density at radius 2 is 2.21 bits per heavy atom. The molecule has 0 aliphatic heterocycles. The monoisotopic (exact) mass is 256 g/mol. The Morgan fingerprint density at radius 3 is 2.89 bits per heavy atom. The van der Waals surface area contributed by atoms with Gasteiger partial charge in [-0.3, -0.25) is 9.78 Å². The lowest BCUT2D eigenvalue weighted by Crippen LogP contribution is -2.19. The van der Waals surface area contributed by atoms with Crippen molar-refractivity contribution in [3.63, 3.8) is 0 Å². The average molecular weight is 256 g/mol. The van der Waals surface area contributed by atoms with Gasteiger partial charge in [0, 0.05) is 37.4 Å². The second-order valence-corrected chi connectivity index (χ2v) is 4.10. The van der Waals surface area contributed by atoms with Gasteiger partial charge in [-0.15, -0.1) is 0 Å². The number of carbonyl (C=O) groups excluding carboxylic acids is 1. The second kappa shape index (κ2) is 5.86. The van der Waals surface area contributed by atoms with Crippen molar-refractivity contribution in [1.29, 1.82) is 0 Å². The molecule has 5 heteroatoms. The van der Waals surface area contributed by atoms with Crippen LogP contribution in [0.4, 0.5) is 11.4 Å². The van der Waals surface area contributed by atoms with E-state index in [-0.39, 0.29) is 5.91 Å². The van der Waals surface area contributed by atoms with E-state index in [1.54, 1.807) is 37.6 Å². The molecule has 0 fully saturated rings. The molecule has 1 aromatic carbocycles. The number of rotatable bonds is 4. The van der Waals surface area contributed by atoms with Crippen molar-refractivity contribution in [1.82, 2.24) is 10.3 Å². The van der Waals surface area contributed by atoms with Gasteiger partial charge in [-0.2, -0.15) is 0 Å². The summed E-state index contributed by atoms with van der Waals surface area (Å²) in [5.41, 5.74) is 8.68. The van der Waals surface area contributed by atoms with E-state index in [4.69, 9.17) is 5.73 Å². The van der Waals surface area contributed by atoms with E-state index in [0.717, 1.165) is 5.56 Å². The van der Waals surface area contributed by atoms with Crippen LogP contribution in [0.5, 0.6) is 0 Å². The molecule has 5 nitrogen and oxygen atoms in total. The Morgan fingerprint density at radius 1 is 1.37 bits per heavy atom. The quantitative estimate of drug-likeness (QED) is 0.726. The summed E-state index contributed by atoms with van der Waals surface area (Å²) in [4.78, 5) is 15.8. The van der Waals surface area contributed by atoms with Crippen LogP contribution in [0.25, 0.3) is 0 Å². The molecule has 0 spiro atoms. The van der Waals surface area contributed by atoms with E-state index in [2.05, 4.69) is 15.6 Å². The summed E-state index contributed by atoms with van der Waals surface area (Å²) in [6.45, 7) is 0.585. The first-order valence-corrected chi connectivity index (χ1v) is 5.95. The number of amides is 1. The summed E-state index contributed by atoms with van der Waals surface area (Å²) in [7, 11) is 1.60. The van der Waals surface area contributed by atoms with Crippen molar-refractivity contribution < 1.29 is 4.79 Å². The third kappa shape index (κ3) is 3.22. The number of nitrogens with one attached hydrogen (secondary N) is 2. The molecule has 0 bridgehead atoms. The summed E-state index contributed by atoms with van der Waals surface area (Å²) in [5.74, 6) is -0.145. The van der Waals surface area contributed by atoms with Gasteiger partial charge in [0.2, 0.25) is 0 Å². The van der Waals surface area contributed by atoms with Crippen LogP contribution in [0.15, 0.2) is 42.7 Å². The lowest BCUT2D eigenvalue weighted by molar-refractivity contribution is 0.0964. The predicted octanol–water partition coefficient (Wildman–Crippen LogP) is 1.64. The largest absolute Gasteiger partial charge is 0.399 e. The van der Waals surface area contributed by atoms with E-state index in [9.17, 15) is 4.79 Å². The summed E-state index contributed by atoms with van der Waals surface area (Å²) >= 11 is 0. The van der Waals surface area contributed by atoms with Crippen LogP contribution in [-0.4, -0.2) is 17.9 Å². The van der Waals surface area contributed by atoms with Gasteiger partial charge in [0.25, 0.3) is 5.91 Å². The SMILES string of the molecule is CNC(=O)c1ccc(N)cc1NCc1cccnc1. The first-order valence-electron chi connectivity index (χ1n) is 5.95. The molecule has 0 aliphatic rings. The fraction of sp³-hybridized carbons (Fsp3) is 0.143. The number of nitrogens with two attached hydrogens (primary N) is 1. The molecule has 0 saturated heterocycles. The molecular weight excluding hydrogens is 240 g/mol. The van der Waals surface area contributed by atoms with Crippen molar-refractivity contribution in [2.75, 3.05) is 18.1 Å². The molecule has 1 heterocycles. The number of anilines is 2. The number of hydrogen-bond acceptors (Lipinski definition) is 4. The Hall–Kier alpha value is -2.56. The van der Waals surface area contributed by atoms with Gasteiger partial charge in [0.1, 0.15) is 0 Å². The summed E-state index contributed by atoms with van der Waals surface area (Å²) in [5, 5.41) is 5.81. The fourth-order valence-electron chi connectivity index (χ4n) is 1.74. The molecule has 2 aromatic rings. The van der Waals surface area contributed by atoms with E-state index in [0.29, 0.717) is 23.5 Å².